The van der Waals surface area contributed by atoms with Gasteiger partial charge in [0.1, 0.15) is 11.6 Å². The molecule has 0 spiro atoms. The summed E-state index contributed by atoms with van der Waals surface area (Å²) in [6.45, 7) is 7.36. The van der Waals surface area contributed by atoms with Gasteiger partial charge in [-0.2, -0.15) is 0 Å². The Kier molecular flexibility index (Phi) is 4.46. The Morgan fingerprint density at radius 2 is 1.95 bits per heavy atom. The van der Waals surface area contributed by atoms with Crippen LogP contribution in [0.4, 0.5) is 4.79 Å². The Hall–Kier alpha value is -1.30. The molecule has 1 amide bonds. The predicted molar refractivity (Wildman–Crippen MR) is 75.6 cm³/mol. The van der Waals surface area contributed by atoms with Gasteiger partial charge in [0.05, 0.1) is 12.7 Å². The topological polar surface area (TPSA) is 76.1 Å². The summed E-state index contributed by atoms with van der Waals surface area (Å²) in [4.78, 5) is 26.2. The van der Waals surface area contributed by atoms with Gasteiger partial charge >= 0.3 is 12.1 Å². The van der Waals surface area contributed by atoms with E-state index in [4.69, 9.17) is 9.47 Å². The zero-order chi connectivity index (χ0) is 15.8. The van der Waals surface area contributed by atoms with Crippen molar-refractivity contribution in [2.75, 3.05) is 6.61 Å². The largest absolute Gasteiger partial charge is 0.464 e. The third kappa shape index (κ3) is 3.31. The molecular formula is C15H25NO5. The standard InChI is InChI=1S/C15H25NO5/c1-5-20-13(18)12-10-7-6-9(8-11(10)17)16(12)14(19)21-15(2,3)4/h9-12,17H,5-8H2,1-4H3/t9?,10?,11-,12+/m0/s1. The van der Waals surface area contributed by atoms with E-state index in [1.54, 1.807) is 27.7 Å². The molecule has 120 valence electrons. The van der Waals surface area contributed by atoms with Crippen molar-refractivity contribution in [1.82, 2.24) is 4.90 Å². The Morgan fingerprint density at radius 1 is 1.29 bits per heavy atom. The van der Waals surface area contributed by atoms with Crippen LogP contribution in [0.25, 0.3) is 0 Å². The number of hydrogen-bond acceptors (Lipinski definition) is 5. The molecule has 3 fully saturated rings. The normalized spacial score (nSPS) is 32.0. The lowest BCUT2D eigenvalue weighted by Gasteiger charge is -2.51. The van der Waals surface area contributed by atoms with E-state index in [2.05, 4.69) is 0 Å². The molecule has 0 aromatic carbocycles. The lowest BCUT2D eigenvalue weighted by Crippen LogP contribution is -2.65. The van der Waals surface area contributed by atoms with Crippen LogP contribution in [0.2, 0.25) is 0 Å². The molecule has 2 unspecified atom stereocenters. The summed E-state index contributed by atoms with van der Waals surface area (Å²) in [7, 11) is 0. The van der Waals surface area contributed by atoms with Crippen LogP contribution < -0.4 is 0 Å². The number of piperidine rings is 2. The molecule has 1 aliphatic carbocycles. The number of amides is 1. The van der Waals surface area contributed by atoms with Crippen LogP contribution in [0.3, 0.4) is 0 Å². The maximum absolute atomic E-state index is 12.4. The number of aliphatic hydroxyl groups excluding tert-OH is 1. The molecule has 0 aromatic heterocycles. The fourth-order valence-electron chi connectivity index (χ4n) is 3.30. The smallest absolute Gasteiger partial charge is 0.411 e. The van der Waals surface area contributed by atoms with Crippen molar-refractivity contribution in [2.24, 2.45) is 5.92 Å². The summed E-state index contributed by atoms with van der Waals surface area (Å²) in [5, 5.41) is 10.1. The number of nitrogens with zero attached hydrogens (tertiary/aromatic N) is 1. The number of carbonyl (C=O) groups excluding carboxylic acids is 2. The van der Waals surface area contributed by atoms with Crippen molar-refractivity contribution >= 4 is 12.1 Å². The second-order valence-electron chi connectivity index (χ2n) is 6.78. The molecule has 1 saturated carbocycles. The second kappa shape index (κ2) is 5.83. The number of rotatable bonds is 2. The molecule has 6 heteroatoms. The van der Waals surface area contributed by atoms with E-state index in [0.29, 0.717) is 6.42 Å². The Morgan fingerprint density at radius 3 is 2.48 bits per heavy atom. The van der Waals surface area contributed by atoms with Crippen molar-refractivity contribution in [2.45, 2.75) is 70.7 Å². The molecule has 3 rings (SSSR count). The summed E-state index contributed by atoms with van der Waals surface area (Å²) >= 11 is 0. The number of hydrogen-bond donors (Lipinski definition) is 1. The Labute approximate surface area is 125 Å². The fourth-order valence-corrected chi connectivity index (χ4v) is 3.30. The van der Waals surface area contributed by atoms with Gasteiger partial charge in [-0.05, 0) is 47.0 Å². The summed E-state index contributed by atoms with van der Waals surface area (Å²) < 4.78 is 10.5. The third-order valence-corrected chi connectivity index (χ3v) is 4.07. The van der Waals surface area contributed by atoms with E-state index in [9.17, 15) is 14.7 Å². The van der Waals surface area contributed by atoms with E-state index in [0.717, 1.165) is 12.8 Å². The van der Waals surface area contributed by atoms with Crippen LogP contribution in [0.5, 0.6) is 0 Å². The highest BCUT2D eigenvalue weighted by atomic mass is 16.6. The molecule has 3 aliphatic rings. The molecule has 21 heavy (non-hydrogen) atoms. The minimum absolute atomic E-state index is 0.158. The quantitative estimate of drug-likeness (QED) is 0.785. The summed E-state index contributed by atoms with van der Waals surface area (Å²) in [6.07, 6.45) is 0.963. The molecule has 0 radical (unpaired) electrons. The van der Waals surface area contributed by atoms with Crippen LogP contribution in [0.15, 0.2) is 0 Å². The van der Waals surface area contributed by atoms with E-state index < -0.39 is 29.8 Å². The molecule has 2 heterocycles. The SMILES string of the molecule is CCOC(=O)[C@H]1C2CCC(C[C@@H]2O)N1C(=O)OC(C)(C)C. The number of ether oxygens (including phenoxy) is 2. The minimum Gasteiger partial charge on any atom is -0.464 e. The number of carbonyl (C=O) groups is 2. The first kappa shape index (κ1) is 16.1. The van der Waals surface area contributed by atoms with Gasteiger partial charge in [-0.15, -0.1) is 0 Å². The van der Waals surface area contributed by atoms with Crippen LogP contribution in [-0.4, -0.2) is 52.5 Å². The Bertz CT molecular complexity index is 417. The zero-order valence-corrected chi connectivity index (χ0v) is 13.2. The van der Waals surface area contributed by atoms with Crippen LogP contribution >= 0.6 is 0 Å². The van der Waals surface area contributed by atoms with Gasteiger partial charge in [-0.3, -0.25) is 4.90 Å². The van der Waals surface area contributed by atoms with Gasteiger partial charge in [0.15, 0.2) is 0 Å². The van der Waals surface area contributed by atoms with Gasteiger partial charge in [0, 0.05) is 12.0 Å². The summed E-state index contributed by atoms with van der Waals surface area (Å²) in [6, 6.07) is -0.892. The lowest BCUT2D eigenvalue weighted by molar-refractivity contribution is -0.165. The highest BCUT2D eigenvalue weighted by molar-refractivity contribution is 5.83. The van der Waals surface area contributed by atoms with Crippen LogP contribution in [-0.2, 0) is 14.3 Å². The first-order valence-corrected chi connectivity index (χ1v) is 7.60. The van der Waals surface area contributed by atoms with Crippen molar-refractivity contribution in [3.05, 3.63) is 0 Å². The molecule has 6 nitrogen and oxygen atoms in total. The maximum atomic E-state index is 12.4. The van der Waals surface area contributed by atoms with Crippen molar-refractivity contribution in [3.8, 4) is 0 Å². The van der Waals surface area contributed by atoms with Crippen molar-refractivity contribution in [3.63, 3.8) is 0 Å². The number of fused-ring (bicyclic) bond motifs is 3. The molecule has 4 atom stereocenters. The van der Waals surface area contributed by atoms with Gasteiger partial charge in [-0.25, -0.2) is 9.59 Å². The highest BCUT2D eigenvalue weighted by Crippen LogP contribution is 2.41. The van der Waals surface area contributed by atoms with Gasteiger partial charge < -0.3 is 14.6 Å². The highest BCUT2D eigenvalue weighted by Gasteiger charge is 2.53. The van der Waals surface area contributed by atoms with E-state index in [1.807, 2.05) is 0 Å². The first-order chi connectivity index (χ1) is 9.74. The van der Waals surface area contributed by atoms with Gasteiger partial charge in [-0.1, -0.05) is 0 Å². The van der Waals surface area contributed by atoms with Crippen molar-refractivity contribution in [1.29, 1.82) is 0 Å². The van der Waals surface area contributed by atoms with Gasteiger partial charge in [0.25, 0.3) is 0 Å². The minimum atomic E-state index is -0.734. The molecule has 1 N–H and O–H groups in total. The zero-order valence-electron chi connectivity index (χ0n) is 13.2. The summed E-state index contributed by atoms with van der Waals surface area (Å²) in [5.74, 6) is -0.710. The molecule has 2 bridgehead atoms. The average molecular weight is 299 g/mol. The average Bonchev–Trinajstić information content (AvgIpc) is 2.36. The Balaban J connectivity index is 2.23. The van der Waals surface area contributed by atoms with Crippen LogP contribution in [0, 0.1) is 5.92 Å². The van der Waals surface area contributed by atoms with E-state index in [1.165, 1.54) is 4.90 Å². The third-order valence-electron chi connectivity index (χ3n) is 4.07. The predicted octanol–water partition coefficient (Wildman–Crippen LogP) is 1.70. The molecule has 0 aromatic rings. The maximum Gasteiger partial charge on any atom is 0.411 e. The molecular weight excluding hydrogens is 274 g/mol. The monoisotopic (exact) mass is 299 g/mol. The molecule has 2 saturated heterocycles. The second-order valence-corrected chi connectivity index (χ2v) is 6.78. The fraction of sp³-hybridized carbons (Fsp3) is 0.867. The van der Waals surface area contributed by atoms with Crippen LogP contribution in [0.1, 0.15) is 47.0 Å². The number of esters is 1. The number of aliphatic hydroxyl groups is 1. The van der Waals surface area contributed by atoms with E-state index in [-0.39, 0.29) is 18.6 Å². The van der Waals surface area contributed by atoms with E-state index >= 15 is 0 Å². The first-order valence-electron chi connectivity index (χ1n) is 7.60. The summed E-state index contributed by atoms with van der Waals surface area (Å²) in [5.41, 5.74) is -0.619. The molecule has 2 aliphatic heterocycles. The van der Waals surface area contributed by atoms with Gasteiger partial charge in [0.2, 0.25) is 0 Å². The van der Waals surface area contributed by atoms with Crippen molar-refractivity contribution < 1.29 is 24.2 Å². The lowest BCUT2D eigenvalue weighted by atomic mass is 9.73.